The van der Waals surface area contributed by atoms with E-state index in [0.29, 0.717) is 11.3 Å². The van der Waals surface area contributed by atoms with Gasteiger partial charge >= 0.3 is 0 Å². The summed E-state index contributed by atoms with van der Waals surface area (Å²) in [5.41, 5.74) is 8.52. The number of carbonyl (C=O) groups is 1. The molecule has 0 aliphatic carbocycles. The minimum absolute atomic E-state index is 0.109. The largest absolute Gasteiger partial charge is 0.397 e. The Bertz CT molecular complexity index is 513. The molecular formula is C15H24N4O. The number of hydrogen-bond acceptors (Lipinski definition) is 4. The summed E-state index contributed by atoms with van der Waals surface area (Å²) in [5.74, 6) is -0.109. The van der Waals surface area contributed by atoms with Crippen LogP contribution in [-0.4, -0.2) is 50.1 Å². The van der Waals surface area contributed by atoms with Gasteiger partial charge in [0.25, 0.3) is 5.91 Å². The summed E-state index contributed by atoms with van der Waals surface area (Å²) in [5, 5.41) is 2.61. The SMILES string of the molecule is CNC(=O)c1ccc(N2CCN(C)C(C)(C)C2)c(N)c1. The standard InChI is InChI=1S/C15H24N4O/c1-15(2)10-19(8-7-18(15)4)13-6-5-11(9-12(13)16)14(20)17-3/h5-6,9H,7-8,10,16H2,1-4H3,(H,17,20). The van der Waals surface area contributed by atoms with Crippen LogP contribution in [0.3, 0.4) is 0 Å². The highest BCUT2D eigenvalue weighted by Crippen LogP contribution is 2.29. The molecular weight excluding hydrogens is 252 g/mol. The van der Waals surface area contributed by atoms with Gasteiger partial charge in [-0.1, -0.05) is 0 Å². The lowest BCUT2D eigenvalue weighted by atomic mass is 9.99. The van der Waals surface area contributed by atoms with Crippen molar-refractivity contribution >= 4 is 17.3 Å². The lowest BCUT2D eigenvalue weighted by molar-refractivity contribution is 0.0963. The number of benzene rings is 1. The molecule has 1 heterocycles. The van der Waals surface area contributed by atoms with Crippen LogP contribution in [0.2, 0.25) is 0 Å². The first-order valence-corrected chi connectivity index (χ1v) is 6.93. The fraction of sp³-hybridized carbons (Fsp3) is 0.533. The topological polar surface area (TPSA) is 61.6 Å². The van der Waals surface area contributed by atoms with Crippen LogP contribution in [0.15, 0.2) is 18.2 Å². The van der Waals surface area contributed by atoms with Gasteiger partial charge in [-0.3, -0.25) is 9.69 Å². The van der Waals surface area contributed by atoms with Crippen LogP contribution < -0.4 is 16.0 Å². The van der Waals surface area contributed by atoms with Crippen molar-refractivity contribution < 1.29 is 4.79 Å². The minimum atomic E-state index is -0.109. The lowest BCUT2D eigenvalue weighted by Crippen LogP contribution is -2.57. The van der Waals surface area contributed by atoms with Crippen molar-refractivity contribution in [3.05, 3.63) is 23.8 Å². The third kappa shape index (κ3) is 2.72. The van der Waals surface area contributed by atoms with Crippen molar-refractivity contribution in [3.8, 4) is 0 Å². The van der Waals surface area contributed by atoms with Crippen molar-refractivity contribution in [3.63, 3.8) is 0 Å². The number of nitrogens with two attached hydrogens (primary N) is 1. The second-order valence-electron chi connectivity index (χ2n) is 6.01. The second kappa shape index (κ2) is 5.32. The van der Waals surface area contributed by atoms with E-state index >= 15 is 0 Å². The monoisotopic (exact) mass is 276 g/mol. The highest BCUT2D eigenvalue weighted by molar-refractivity contribution is 5.96. The van der Waals surface area contributed by atoms with Crippen LogP contribution in [0.4, 0.5) is 11.4 Å². The molecule has 5 heteroatoms. The van der Waals surface area contributed by atoms with Crippen LogP contribution in [0, 0.1) is 0 Å². The van der Waals surface area contributed by atoms with Gasteiger partial charge in [0.1, 0.15) is 0 Å². The number of carbonyl (C=O) groups excluding carboxylic acids is 1. The Hall–Kier alpha value is -1.75. The summed E-state index contributed by atoms with van der Waals surface area (Å²) in [4.78, 5) is 16.3. The van der Waals surface area contributed by atoms with Crippen molar-refractivity contribution in [2.24, 2.45) is 0 Å². The molecule has 1 fully saturated rings. The van der Waals surface area contributed by atoms with E-state index in [1.165, 1.54) is 0 Å². The molecule has 0 radical (unpaired) electrons. The smallest absolute Gasteiger partial charge is 0.251 e. The molecule has 5 nitrogen and oxygen atoms in total. The zero-order chi connectivity index (χ0) is 14.9. The molecule has 1 saturated heterocycles. The second-order valence-corrected chi connectivity index (χ2v) is 6.01. The molecule has 1 amide bonds. The van der Waals surface area contributed by atoms with Gasteiger partial charge in [-0.25, -0.2) is 0 Å². The summed E-state index contributed by atoms with van der Waals surface area (Å²) < 4.78 is 0. The molecule has 2 rings (SSSR count). The maximum atomic E-state index is 11.6. The third-order valence-electron chi connectivity index (χ3n) is 4.17. The van der Waals surface area contributed by atoms with Crippen molar-refractivity contribution in [1.82, 2.24) is 10.2 Å². The van der Waals surface area contributed by atoms with Crippen LogP contribution in [0.25, 0.3) is 0 Å². The molecule has 0 atom stereocenters. The highest BCUT2D eigenvalue weighted by Gasteiger charge is 2.31. The summed E-state index contributed by atoms with van der Waals surface area (Å²) in [7, 11) is 3.77. The van der Waals surface area contributed by atoms with E-state index in [9.17, 15) is 4.79 Å². The van der Waals surface area contributed by atoms with E-state index in [4.69, 9.17) is 5.73 Å². The molecule has 0 unspecified atom stereocenters. The Morgan fingerprint density at radius 2 is 2.05 bits per heavy atom. The van der Waals surface area contributed by atoms with E-state index < -0.39 is 0 Å². The molecule has 0 spiro atoms. The maximum Gasteiger partial charge on any atom is 0.251 e. The lowest BCUT2D eigenvalue weighted by Gasteiger charge is -2.46. The van der Waals surface area contributed by atoms with Gasteiger partial charge in [0, 0.05) is 37.8 Å². The number of anilines is 2. The molecule has 110 valence electrons. The summed E-state index contributed by atoms with van der Waals surface area (Å²) in [6, 6.07) is 5.52. The summed E-state index contributed by atoms with van der Waals surface area (Å²) in [6.07, 6.45) is 0. The van der Waals surface area contributed by atoms with Crippen LogP contribution in [0.1, 0.15) is 24.2 Å². The number of nitrogen functional groups attached to an aromatic ring is 1. The molecule has 1 aliphatic heterocycles. The van der Waals surface area contributed by atoms with E-state index in [1.807, 2.05) is 12.1 Å². The number of likely N-dealkylation sites (N-methyl/N-ethyl adjacent to an activating group) is 1. The number of rotatable bonds is 2. The summed E-state index contributed by atoms with van der Waals surface area (Å²) in [6.45, 7) is 7.34. The van der Waals surface area contributed by atoms with E-state index in [-0.39, 0.29) is 11.4 Å². The molecule has 20 heavy (non-hydrogen) atoms. The van der Waals surface area contributed by atoms with Crippen molar-refractivity contribution in [2.75, 3.05) is 44.4 Å². The van der Waals surface area contributed by atoms with Gasteiger partial charge in [0.2, 0.25) is 0 Å². The summed E-state index contributed by atoms with van der Waals surface area (Å²) >= 11 is 0. The van der Waals surface area contributed by atoms with Crippen molar-refractivity contribution in [2.45, 2.75) is 19.4 Å². The number of piperazine rings is 1. The van der Waals surface area contributed by atoms with Gasteiger partial charge in [-0.2, -0.15) is 0 Å². The zero-order valence-electron chi connectivity index (χ0n) is 12.7. The Balaban J connectivity index is 2.24. The molecule has 0 saturated carbocycles. The van der Waals surface area contributed by atoms with Crippen LogP contribution in [0.5, 0.6) is 0 Å². The molecule has 0 bridgehead atoms. The molecule has 1 aromatic carbocycles. The Morgan fingerprint density at radius 1 is 1.35 bits per heavy atom. The zero-order valence-corrected chi connectivity index (χ0v) is 12.7. The Kier molecular flexibility index (Phi) is 3.90. The number of nitrogens with zero attached hydrogens (tertiary/aromatic N) is 2. The predicted molar refractivity (Wildman–Crippen MR) is 83.2 cm³/mol. The van der Waals surface area contributed by atoms with E-state index in [2.05, 4.69) is 36.0 Å². The predicted octanol–water partition coefficient (Wildman–Crippen LogP) is 1.16. The maximum absolute atomic E-state index is 11.6. The molecule has 1 aliphatic rings. The number of amides is 1. The third-order valence-corrected chi connectivity index (χ3v) is 4.17. The van der Waals surface area contributed by atoms with Crippen molar-refractivity contribution in [1.29, 1.82) is 0 Å². The molecule has 0 aromatic heterocycles. The van der Waals surface area contributed by atoms with Gasteiger partial charge in [0.15, 0.2) is 0 Å². The average molecular weight is 276 g/mol. The van der Waals surface area contributed by atoms with Crippen LogP contribution >= 0.6 is 0 Å². The minimum Gasteiger partial charge on any atom is -0.397 e. The van der Waals surface area contributed by atoms with Gasteiger partial charge in [-0.15, -0.1) is 0 Å². The Morgan fingerprint density at radius 3 is 2.60 bits per heavy atom. The molecule has 3 N–H and O–H groups in total. The first-order valence-electron chi connectivity index (χ1n) is 6.93. The van der Waals surface area contributed by atoms with Gasteiger partial charge in [0.05, 0.1) is 11.4 Å². The number of nitrogens with one attached hydrogen (secondary N) is 1. The van der Waals surface area contributed by atoms with Gasteiger partial charge < -0.3 is 16.0 Å². The molecule has 1 aromatic rings. The first kappa shape index (κ1) is 14.7. The van der Waals surface area contributed by atoms with E-state index in [1.54, 1.807) is 13.1 Å². The Labute approximate surface area is 120 Å². The van der Waals surface area contributed by atoms with E-state index in [0.717, 1.165) is 25.3 Å². The quantitative estimate of drug-likeness (QED) is 0.796. The van der Waals surface area contributed by atoms with Crippen LogP contribution in [-0.2, 0) is 0 Å². The fourth-order valence-electron chi connectivity index (χ4n) is 2.57. The average Bonchev–Trinajstić information content (AvgIpc) is 2.41. The first-order chi connectivity index (χ1) is 9.35. The normalized spacial score (nSPS) is 18.9. The van der Waals surface area contributed by atoms with Gasteiger partial charge in [-0.05, 0) is 39.1 Å². The number of hydrogen-bond donors (Lipinski definition) is 2. The highest BCUT2D eigenvalue weighted by atomic mass is 16.1. The fourth-order valence-corrected chi connectivity index (χ4v) is 2.57.